The second kappa shape index (κ2) is 7.99. The quantitative estimate of drug-likeness (QED) is 0.601. The summed E-state index contributed by atoms with van der Waals surface area (Å²) in [4.78, 5) is 7.16. The second-order valence-corrected chi connectivity index (χ2v) is 9.09. The molecular weight excluding hydrogens is 368 g/mol. The number of hydrogen-bond donors (Lipinski definition) is 1. The highest BCUT2D eigenvalue weighted by Gasteiger charge is 2.33. The molecule has 0 spiro atoms. The Morgan fingerprint density at radius 1 is 1.07 bits per heavy atom. The van der Waals surface area contributed by atoms with Gasteiger partial charge in [0.25, 0.3) is 0 Å². The molecule has 30 heavy (non-hydrogen) atoms. The Kier molecular flexibility index (Phi) is 5.39. The Morgan fingerprint density at radius 3 is 2.50 bits per heavy atom. The number of aryl methyl sites for hydroxylation is 2. The van der Waals surface area contributed by atoms with E-state index in [1.165, 1.54) is 16.8 Å². The molecule has 0 atom stereocenters. The van der Waals surface area contributed by atoms with E-state index in [0.717, 1.165) is 42.7 Å². The molecule has 0 aliphatic carbocycles. The van der Waals surface area contributed by atoms with Gasteiger partial charge in [0.2, 0.25) is 0 Å². The summed E-state index contributed by atoms with van der Waals surface area (Å²) in [6.07, 6.45) is 2.15. The van der Waals surface area contributed by atoms with Crippen LogP contribution in [0.5, 0.6) is 0 Å². The summed E-state index contributed by atoms with van der Waals surface area (Å²) in [6, 6.07) is 19.1. The molecule has 1 saturated heterocycles. The van der Waals surface area contributed by atoms with Gasteiger partial charge in [0.05, 0.1) is 11.1 Å². The van der Waals surface area contributed by atoms with E-state index in [9.17, 15) is 5.26 Å². The van der Waals surface area contributed by atoms with E-state index in [4.69, 9.17) is 4.98 Å². The third-order valence-corrected chi connectivity index (χ3v) is 6.49. The highest BCUT2D eigenvalue weighted by atomic mass is 15.2. The lowest BCUT2D eigenvalue weighted by Crippen LogP contribution is -2.46. The monoisotopic (exact) mass is 398 g/mol. The van der Waals surface area contributed by atoms with Crippen molar-refractivity contribution in [2.45, 2.75) is 46.1 Å². The molecule has 4 heteroatoms. The predicted molar refractivity (Wildman–Crippen MR) is 125 cm³/mol. The summed E-state index contributed by atoms with van der Waals surface area (Å²) in [5, 5.41) is 14.5. The largest absolute Gasteiger partial charge is 0.380 e. The fraction of sp³-hybridized carbons (Fsp3) is 0.385. The van der Waals surface area contributed by atoms with Crippen molar-refractivity contribution in [2.24, 2.45) is 5.92 Å². The smallest absolute Gasteiger partial charge is 0.147 e. The van der Waals surface area contributed by atoms with Crippen LogP contribution in [0.25, 0.3) is 10.9 Å². The van der Waals surface area contributed by atoms with Crippen LogP contribution in [0.1, 0.15) is 43.4 Å². The summed E-state index contributed by atoms with van der Waals surface area (Å²) >= 11 is 0. The Hall–Kier alpha value is -3.06. The Labute approximate surface area is 179 Å². The number of nitrogens with one attached hydrogen (secondary N) is 1. The first kappa shape index (κ1) is 20.2. The number of anilines is 2. The number of pyridine rings is 1. The predicted octanol–water partition coefficient (Wildman–Crippen LogP) is 5.83. The highest BCUT2D eigenvalue weighted by Crippen LogP contribution is 2.34. The summed E-state index contributed by atoms with van der Waals surface area (Å²) in [6.45, 7) is 10.7. The van der Waals surface area contributed by atoms with Crippen molar-refractivity contribution in [3.8, 4) is 6.07 Å². The van der Waals surface area contributed by atoms with Crippen molar-refractivity contribution in [1.29, 1.82) is 5.26 Å². The molecule has 2 aromatic carbocycles. The maximum absolute atomic E-state index is 9.72. The molecule has 3 aromatic rings. The molecule has 0 radical (unpaired) electrons. The average Bonchev–Trinajstić information content (AvgIpc) is 2.74. The lowest BCUT2D eigenvalue weighted by atomic mass is 9.80. The van der Waals surface area contributed by atoms with Crippen molar-refractivity contribution in [2.75, 3.05) is 23.3 Å². The van der Waals surface area contributed by atoms with E-state index in [-0.39, 0.29) is 5.54 Å². The molecule has 1 fully saturated rings. The minimum absolute atomic E-state index is 0.00457. The van der Waals surface area contributed by atoms with Gasteiger partial charge in [0.15, 0.2) is 0 Å². The van der Waals surface area contributed by atoms with E-state index in [1.54, 1.807) is 0 Å². The van der Waals surface area contributed by atoms with Crippen molar-refractivity contribution >= 4 is 22.4 Å². The first-order chi connectivity index (χ1) is 14.4. The van der Waals surface area contributed by atoms with Crippen molar-refractivity contribution < 1.29 is 0 Å². The third-order valence-electron chi connectivity index (χ3n) is 6.49. The van der Waals surface area contributed by atoms with Gasteiger partial charge in [-0.25, -0.2) is 4.98 Å². The number of nitriles is 1. The molecule has 4 nitrogen and oxygen atoms in total. The topological polar surface area (TPSA) is 52.0 Å². The van der Waals surface area contributed by atoms with E-state index < -0.39 is 0 Å². The average molecular weight is 399 g/mol. The van der Waals surface area contributed by atoms with Gasteiger partial charge in [0, 0.05) is 29.7 Å². The van der Waals surface area contributed by atoms with E-state index >= 15 is 0 Å². The van der Waals surface area contributed by atoms with Gasteiger partial charge in [-0.3, -0.25) is 0 Å². The molecule has 4 rings (SSSR count). The van der Waals surface area contributed by atoms with Crippen LogP contribution in [0.3, 0.4) is 0 Å². The van der Waals surface area contributed by atoms with Crippen molar-refractivity contribution in [3.63, 3.8) is 0 Å². The molecule has 0 saturated carbocycles. The van der Waals surface area contributed by atoms with Crippen LogP contribution in [0, 0.1) is 31.1 Å². The number of rotatable bonds is 4. The molecule has 1 aliphatic rings. The molecule has 1 N–H and O–H groups in total. The van der Waals surface area contributed by atoms with Crippen LogP contribution >= 0.6 is 0 Å². The number of aromatic nitrogens is 1. The number of para-hydroxylation sites is 1. The van der Waals surface area contributed by atoms with Gasteiger partial charge in [-0.15, -0.1) is 0 Å². The zero-order chi connectivity index (χ0) is 21.3. The Bertz CT molecular complexity index is 1100. The molecule has 1 aromatic heterocycles. The maximum Gasteiger partial charge on any atom is 0.147 e. The summed E-state index contributed by atoms with van der Waals surface area (Å²) < 4.78 is 0. The van der Waals surface area contributed by atoms with Gasteiger partial charge in [-0.1, -0.05) is 29.8 Å². The summed E-state index contributed by atoms with van der Waals surface area (Å²) in [5.74, 6) is 1.39. The standard InChI is InChI=1S/C26H30N4/c1-18-9-10-24-20(15-18)16-21(17-27)25(28-24)30-13-11-22(12-14-30)26(3,4)29-23-8-6-5-7-19(23)2/h5-10,15-16,22,29H,11-14H2,1-4H3. The van der Waals surface area contributed by atoms with Gasteiger partial charge in [-0.2, -0.15) is 5.26 Å². The van der Waals surface area contributed by atoms with Crippen molar-refractivity contribution in [3.05, 3.63) is 65.2 Å². The number of hydrogen-bond acceptors (Lipinski definition) is 4. The zero-order valence-electron chi connectivity index (χ0n) is 18.4. The van der Waals surface area contributed by atoms with Gasteiger partial charge in [0.1, 0.15) is 11.9 Å². The van der Waals surface area contributed by atoms with Crippen LogP contribution in [0.4, 0.5) is 11.5 Å². The summed E-state index contributed by atoms with van der Waals surface area (Å²) in [5.41, 5.74) is 5.30. The molecule has 154 valence electrons. The Morgan fingerprint density at radius 2 is 1.80 bits per heavy atom. The zero-order valence-corrected chi connectivity index (χ0v) is 18.4. The van der Waals surface area contributed by atoms with Crippen LogP contribution in [0.2, 0.25) is 0 Å². The number of fused-ring (bicyclic) bond motifs is 1. The SMILES string of the molecule is Cc1ccc2nc(N3CCC(C(C)(C)Nc4ccccc4C)CC3)c(C#N)cc2c1. The maximum atomic E-state index is 9.72. The third kappa shape index (κ3) is 3.98. The van der Waals surface area contributed by atoms with Crippen LogP contribution in [-0.2, 0) is 0 Å². The van der Waals surface area contributed by atoms with Crippen LogP contribution in [-0.4, -0.2) is 23.6 Å². The first-order valence-electron chi connectivity index (χ1n) is 10.8. The fourth-order valence-electron chi connectivity index (χ4n) is 4.58. The molecule has 0 unspecified atom stereocenters. The normalized spacial score (nSPS) is 15.2. The van der Waals surface area contributed by atoms with Crippen molar-refractivity contribution in [1.82, 2.24) is 4.98 Å². The van der Waals surface area contributed by atoms with E-state index in [1.807, 2.05) is 6.07 Å². The Balaban J connectivity index is 1.51. The second-order valence-electron chi connectivity index (χ2n) is 9.09. The lowest BCUT2D eigenvalue weighted by Gasteiger charge is -2.42. The number of nitrogens with zero attached hydrogens (tertiary/aromatic N) is 3. The van der Waals surface area contributed by atoms with Crippen LogP contribution < -0.4 is 10.2 Å². The number of piperidine rings is 1. The highest BCUT2D eigenvalue weighted by molar-refractivity contribution is 5.83. The summed E-state index contributed by atoms with van der Waals surface area (Å²) in [7, 11) is 0. The van der Waals surface area contributed by atoms with Gasteiger partial charge < -0.3 is 10.2 Å². The van der Waals surface area contributed by atoms with E-state index in [2.05, 4.69) is 86.4 Å². The first-order valence-corrected chi connectivity index (χ1v) is 10.8. The van der Waals surface area contributed by atoms with Crippen LogP contribution in [0.15, 0.2) is 48.5 Å². The number of benzene rings is 2. The fourth-order valence-corrected chi connectivity index (χ4v) is 4.58. The van der Waals surface area contributed by atoms with Gasteiger partial charge in [-0.05, 0) is 76.3 Å². The molecule has 0 amide bonds. The molecule has 1 aliphatic heterocycles. The van der Waals surface area contributed by atoms with E-state index in [0.29, 0.717) is 11.5 Å². The lowest BCUT2D eigenvalue weighted by molar-refractivity contribution is 0.285. The minimum Gasteiger partial charge on any atom is -0.380 e. The molecular formula is C26H30N4. The molecule has 2 heterocycles. The minimum atomic E-state index is 0.00457. The van der Waals surface area contributed by atoms with Gasteiger partial charge >= 0.3 is 0 Å². The molecule has 0 bridgehead atoms.